The summed E-state index contributed by atoms with van der Waals surface area (Å²) in [6.45, 7) is 1.51. The summed E-state index contributed by atoms with van der Waals surface area (Å²) in [4.78, 5) is 1.84. The van der Waals surface area contributed by atoms with E-state index in [9.17, 15) is 8.78 Å². The highest BCUT2D eigenvalue weighted by Gasteiger charge is 2.18. The maximum absolute atomic E-state index is 13.9. The Balaban J connectivity index is 2.21. The molecule has 1 heterocycles. The molecule has 7 heteroatoms. The van der Waals surface area contributed by atoms with E-state index in [1.54, 1.807) is 0 Å². The van der Waals surface area contributed by atoms with Crippen LogP contribution in [0.5, 0.6) is 0 Å². The van der Waals surface area contributed by atoms with Gasteiger partial charge in [-0.2, -0.15) is 5.10 Å². The van der Waals surface area contributed by atoms with Gasteiger partial charge < -0.3 is 10.6 Å². The van der Waals surface area contributed by atoms with Crippen LogP contribution in [0.4, 0.5) is 14.5 Å². The first kappa shape index (κ1) is 13.7. The van der Waals surface area contributed by atoms with Crippen molar-refractivity contribution in [3.05, 3.63) is 29.3 Å². The highest BCUT2D eigenvalue weighted by molar-refractivity contribution is 7.80. The molecule has 0 radical (unpaired) electrons. The predicted molar refractivity (Wildman–Crippen MR) is 75.3 cm³/mol. The van der Waals surface area contributed by atoms with Gasteiger partial charge in [0.1, 0.15) is 11.6 Å². The first-order chi connectivity index (χ1) is 9.08. The minimum absolute atomic E-state index is 0.0363. The second kappa shape index (κ2) is 5.92. The van der Waals surface area contributed by atoms with Crippen LogP contribution in [0.2, 0.25) is 0 Å². The molecule has 1 aliphatic heterocycles. The summed E-state index contributed by atoms with van der Waals surface area (Å²) in [5.74, 6) is -0.989. The summed E-state index contributed by atoms with van der Waals surface area (Å²) < 4.78 is 27.8. The molecule has 0 aliphatic carbocycles. The molecule has 0 saturated carbocycles. The Hall–Kier alpha value is -1.76. The van der Waals surface area contributed by atoms with Crippen molar-refractivity contribution in [3.63, 3.8) is 0 Å². The molecule has 2 rings (SSSR count). The highest BCUT2D eigenvalue weighted by Crippen LogP contribution is 2.25. The minimum Gasteiger partial charge on any atom is -0.375 e. The molecule has 0 unspecified atom stereocenters. The topological polar surface area (TPSA) is 53.6 Å². The second-order valence-corrected chi connectivity index (χ2v) is 4.69. The van der Waals surface area contributed by atoms with E-state index in [-0.39, 0.29) is 10.7 Å². The quantitative estimate of drug-likeness (QED) is 0.504. The van der Waals surface area contributed by atoms with Crippen LogP contribution in [0, 0.1) is 11.6 Å². The average molecular weight is 284 g/mol. The lowest BCUT2D eigenvalue weighted by molar-refractivity contribution is 0.595. The van der Waals surface area contributed by atoms with Gasteiger partial charge in [0, 0.05) is 24.7 Å². The number of rotatable bonds is 3. The summed E-state index contributed by atoms with van der Waals surface area (Å²) >= 11 is 4.54. The van der Waals surface area contributed by atoms with Crippen LogP contribution < -0.4 is 16.1 Å². The fraction of sp³-hybridized carbons (Fsp3) is 0.333. The number of nitrogens with one attached hydrogen (secondary N) is 1. The molecule has 3 N–H and O–H groups in total. The summed E-state index contributed by atoms with van der Waals surface area (Å²) in [6.07, 6.45) is 3.15. The number of hydrazone groups is 1. The molecule has 1 fully saturated rings. The van der Waals surface area contributed by atoms with E-state index in [2.05, 4.69) is 22.7 Å². The van der Waals surface area contributed by atoms with E-state index in [1.807, 2.05) is 4.90 Å². The zero-order chi connectivity index (χ0) is 13.8. The van der Waals surface area contributed by atoms with Gasteiger partial charge in [0.2, 0.25) is 0 Å². The van der Waals surface area contributed by atoms with Gasteiger partial charge in [-0.25, -0.2) is 8.78 Å². The normalized spacial score (nSPS) is 15.2. The summed E-state index contributed by atoms with van der Waals surface area (Å²) in [5.41, 5.74) is 7.80. The summed E-state index contributed by atoms with van der Waals surface area (Å²) in [5, 5.41) is 3.57. The smallest absolute Gasteiger partial charge is 0.184 e. The largest absolute Gasteiger partial charge is 0.375 e. The molecule has 0 bridgehead atoms. The standard InChI is InChI=1S/C12H14F2N4S/c13-9-6-11(18-3-1-2-4-18)10(14)5-8(9)7-16-17-12(15)19/h5-7H,1-4H2,(H3,15,17,19)/b16-7+. The maximum Gasteiger partial charge on any atom is 0.184 e. The summed E-state index contributed by atoms with van der Waals surface area (Å²) in [7, 11) is 0. The molecule has 1 aliphatic rings. The van der Waals surface area contributed by atoms with Crippen LogP contribution in [-0.2, 0) is 0 Å². The number of hydrogen-bond donors (Lipinski definition) is 2. The van der Waals surface area contributed by atoms with Gasteiger partial charge in [0.05, 0.1) is 11.9 Å². The number of nitrogens with zero attached hydrogens (tertiary/aromatic N) is 2. The third-order valence-electron chi connectivity index (χ3n) is 2.89. The minimum atomic E-state index is -0.531. The molecule has 0 atom stereocenters. The van der Waals surface area contributed by atoms with Crippen LogP contribution in [0.25, 0.3) is 0 Å². The van der Waals surface area contributed by atoms with Crippen molar-refractivity contribution in [2.45, 2.75) is 12.8 Å². The fourth-order valence-corrected chi connectivity index (χ4v) is 2.07. The SMILES string of the molecule is NC(=S)N/N=C/c1cc(F)c(N2CCCC2)cc1F. The average Bonchev–Trinajstić information content (AvgIpc) is 2.86. The number of halogens is 2. The number of benzene rings is 1. The van der Waals surface area contributed by atoms with Gasteiger partial charge in [-0.1, -0.05) is 0 Å². The van der Waals surface area contributed by atoms with Crippen LogP contribution in [0.1, 0.15) is 18.4 Å². The lowest BCUT2D eigenvalue weighted by Crippen LogP contribution is -2.24. The van der Waals surface area contributed by atoms with Gasteiger partial charge >= 0.3 is 0 Å². The van der Waals surface area contributed by atoms with Gasteiger partial charge in [0.15, 0.2) is 5.11 Å². The van der Waals surface area contributed by atoms with E-state index < -0.39 is 11.6 Å². The maximum atomic E-state index is 13.9. The molecule has 102 valence electrons. The lowest BCUT2D eigenvalue weighted by Gasteiger charge is -2.18. The van der Waals surface area contributed by atoms with Crippen molar-refractivity contribution in [2.75, 3.05) is 18.0 Å². The van der Waals surface area contributed by atoms with E-state index in [0.29, 0.717) is 5.69 Å². The number of hydrogen-bond acceptors (Lipinski definition) is 3. The monoisotopic (exact) mass is 284 g/mol. The molecule has 4 nitrogen and oxygen atoms in total. The second-order valence-electron chi connectivity index (χ2n) is 4.25. The third-order valence-corrected chi connectivity index (χ3v) is 2.98. The van der Waals surface area contributed by atoms with Crippen LogP contribution in [0.15, 0.2) is 17.2 Å². The van der Waals surface area contributed by atoms with Crippen LogP contribution in [0.3, 0.4) is 0 Å². The Bertz CT molecular complexity index is 513. The number of thiocarbonyl (C=S) groups is 1. The zero-order valence-electron chi connectivity index (χ0n) is 10.2. The highest BCUT2D eigenvalue weighted by atomic mass is 32.1. The van der Waals surface area contributed by atoms with Gasteiger partial charge in [-0.05, 0) is 31.1 Å². The summed E-state index contributed by atoms with van der Waals surface area (Å²) in [6, 6.07) is 2.32. The third kappa shape index (κ3) is 3.37. The Morgan fingerprint density at radius 3 is 2.63 bits per heavy atom. The molecule has 19 heavy (non-hydrogen) atoms. The van der Waals surface area contributed by atoms with Crippen molar-refractivity contribution in [1.29, 1.82) is 0 Å². The number of anilines is 1. The Morgan fingerprint density at radius 2 is 2.00 bits per heavy atom. The van der Waals surface area contributed by atoms with Crippen LogP contribution in [-0.4, -0.2) is 24.4 Å². The fourth-order valence-electron chi connectivity index (χ4n) is 2.02. The van der Waals surface area contributed by atoms with Crippen molar-refractivity contribution >= 4 is 29.2 Å². The molecule has 0 amide bonds. The lowest BCUT2D eigenvalue weighted by atomic mass is 10.2. The molecular formula is C12H14F2N4S. The van der Waals surface area contributed by atoms with Crippen molar-refractivity contribution in [3.8, 4) is 0 Å². The Morgan fingerprint density at radius 1 is 1.32 bits per heavy atom. The van der Waals surface area contributed by atoms with Crippen LogP contribution >= 0.6 is 12.2 Å². The van der Waals surface area contributed by atoms with Gasteiger partial charge in [0.25, 0.3) is 0 Å². The molecular weight excluding hydrogens is 270 g/mol. The Labute approximate surface area is 115 Å². The van der Waals surface area contributed by atoms with Gasteiger partial charge in [-0.15, -0.1) is 0 Å². The molecule has 1 saturated heterocycles. The van der Waals surface area contributed by atoms with Crippen molar-refractivity contribution in [1.82, 2.24) is 5.43 Å². The van der Waals surface area contributed by atoms with E-state index in [4.69, 9.17) is 5.73 Å². The molecule has 0 spiro atoms. The first-order valence-corrected chi connectivity index (χ1v) is 6.31. The van der Waals surface area contributed by atoms with E-state index in [1.165, 1.54) is 6.07 Å². The van der Waals surface area contributed by atoms with E-state index in [0.717, 1.165) is 38.2 Å². The van der Waals surface area contributed by atoms with Crippen molar-refractivity contribution in [2.24, 2.45) is 10.8 Å². The van der Waals surface area contributed by atoms with Crippen molar-refractivity contribution < 1.29 is 8.78 Å². The first-order valence-electron chi connectivity index (χ1n) is 5.90. The molecule has 1 aromatic rings. The number of nitrogens with two attached hydrogens (primary N) is 1. The predicted octanol–water partition coefficient (Wildman–Crippen LogP) is 1.73. The zero-order valence-corrected chi connectivity index (χ0v) is 11.0. The van der Waals surface area contributed by atoms with Gasteiger partial charge in [-0.3, -0.25) is 5.43 Å². The van der Waals surface area contributed by atoms with E-state index >= 15 is 0 Å². The molecule has 0 aromatic heterocycles. The Kier molecular flexibility index (Phi) is 4.26. The molecule has 1 aromatic carbocycles.